The Kier molecular flexibility index (Phi) is 7.69. The second kappa shape index (κ2) is 12.5. The van der Waals surface area contributed by atoms with Crippen molar-refractivity contribution >= 4 is 26.6 Å². The molecule has 0 amide bonds. The van der Waals surface area contributed by atoms with Crippen molar-refractivity contribution in [2.24, 2.45) is 0 Å². The van der Waals surface area contributed by atoms with Gasteiger partial charge in [-0.25, -0.2) is 18.1 Å². The lowest BCUT2D eigenvalue weighted by Gasteiger charge is -2.34. The summed E-state index contributed by atoms with van der Waals surface area (Å²) in [4.78, 5) is 6.72. The SMILES string of the molecule is COc1ccc2cc3[n+](cc2c1OCc1cn(-c2ccc(S(=O)(=O)N4CCN(c5ccccn5)CC4)cc2)nn1)CCc1cc2c(cc1-3)OCO2. The van der Waals surface area contributed by atoms with Crippen molar-refractivity contribution in [1.82, 2.24) is 24.3 Å². The van der Waals surface area contributed by atoms with Gasteiger partial charge in [0, 0.05) is 44.9 Å². The highest BCUT2D eigenvalue weighted by atomic mass is 32.2. The van der Waals surface area contributed by atoms with Crippen LogP contribution in [0.25, 0.3) is 27.7 Å². The zero-order valence-electron chi connectivity index (χ0n) is 27.8. The molecule has 3 aromatic heterocycles. The molecule has 9 rings (SSSR count). The average Bonchev–Trinajstić information content (AvgIpc) is 3.85. The van der Waals surface area contributed by atoms with Crippen LogP contribution in [0, 0.1) is 0 Å². The van der Waals surface area contributed by atoms with Crippen LogP contribution in [0.3, 0.4) is 0 Å². The van der Waals surface area contributed by atoms with Crippen LogP contribution in [-0.2, 0) is 29.6 Å². The number of sulfonamides is 1. The molecule has 13 nitrogen and oxygen atoms in total. The minimum absolute atomic E-state index is 0.153. The van der Waals surface area contributed by atoms with Gasteiger partial charge in [0.15, 0.2) is 35.7 Å². The van der Waals surface area contributed by atoms with E-state index in [9.17, 15) is 8.42 Å². The van der Waals surface area contributed by atoms with E-state index in [1.807, 2.05) is 30.3 Å². The lowest BCUT2D eigenvalue weighted by molar-refractivity contribution is -0.686. The Bertz CT molecular complexity index is 2380. The maximum atomic E-state index is 13.4. The average molecular weight is 705 g/mol. The lowest BCUT2D eigenvalue weighted by Crippen LogP contribution is -2.48. The highest BCUT2D eigenvalue weighted by Gasteiger charge is 2.30. The van der Waals surface area contributed by atoms with Crippen LogP contribution < -0.4 is 28.4 Å². The van der Waals surface area contributed by atoms with Gasteiger partial charge in [0.1, 0.15) is 18.1 Å². The number of hydrogen-bond donors (Lipinski definition) is 0. The predicted octanol–water partition coefficient (Wildman–Crippen LogP) is 4.15. The Labute approximate surface area is 294 Å². The van der Waals surface area contributed by atoms with E-state index >= 15 is 0 Å². The number of benzene rings is 3. The molecule has 0 spiro atoms. The molecule has 0 N–H and O–H groups in total. The van der Waals surface area contributed by atoms with E-state index in [0.717, 1.165) is 52.3 Å². The number of aryl methyl sites for hydroxylation is 2. The van der Waals surface area contributed by atoms with Crippen LogP contribution in [0.15, 0.2) is 96.3 Å². The van der Waals surface area contributed by atoms with Crippen molar-refractivity contribution in [1.29, 1.82) is 0 Å². The number of hydrogen-bond acceptors (Lipinski definition) is 10. The molecule has 6 heterocycles. The largest absolute Gasteiger partial charge is 0.493 e. The first-order chi connectivity index (χ1) is 24.9. The molecule has 0 atom stereocenters. The molecule has 258 valence electrons. The number of nitrogens with zero attached hydrogens (tertiary/aromatic N) is 7. The van der Waals surface area contributed by atoms with Gasteiger partial charge in [-0.1, -0.05) is 11.3 Å². The van der Waals surface area contributed by atoms with Gasteiger partial charge >= 0.3 is 0 Å². The predicted molar refractivity (Wildman–Crippen MR) is 187 cm³/mol. The van der Waals surface area contributed by atoms with E-state index in [-0.39, 0.29) is 18.3 Å². The van der Waals surface area contributed by atoms with E-state index in [1.54, 1.807) is 48.5 Å². The molecule has 14 heteroatoms. The van der Waals surface area contributed by atoms with E-state index in [4.69, 9.17) is 18.9 Å². The third kappa shape index (κ3) is 5.65. The zero-order chi connectivity index (χ0) is 34.5. The second-order valence-corrected chi connectivity index (χ2v) is 14.5. The molecular formula is C37H34N7O6S+. The number of rotatable bonds is 8. The topological polar surface area (TPSA) is 125 Å². The van der Waals surface area contributed by atoms with Crippen LogP contribution in [0.4, 0.5) is 5.82 Å². The zero-order valence-corrected chi connectivity index (χ0v) is 28.6. The number of methoxy groups -OCH3 is 1. The first-order valence-electron chi connectivity index (χ1n) is 16.7. The number of pyridine rings is 2. The molecule has 51 heavy (non-hydrogen) atoms. The van der Waals surface area contributed by atoms with Gasteiger partial charge in [0.2, 0.25) is 22.5 Å². The minimum Gasteiger partial charge on any atom is -0.493 e. The Balaban J connectivity index is 0.906. The van der Waals surface area contributed by atoms with Gasteiger partial charge in [0.05, 0.1) is 34.8 Å². The molecule has 1 fully saturated rings. The number of fused-ring (bicyclic) bond motifs is 5. The molecule has 0 saturated carbocycles. The first kappa shape index (κ1) is 31.3. The summed E-state index contributed by atoms with van der Waals surface area (Å²) in [5, 5.41) is 10.5. The monoisotopic (exact) mass is 704 g/mol. The van der Waals surface area contributed by atoms with Gasteiger partial charge < -0.3 is 23.8 Å². The molecule has 3 aliphatic heterocycles. The maximum Gasteiger partial charge on any atom is 0.243 e. The molecule has 0 radical (unpaired) electrons. The highest BCUT2D eigenvalue weighted by molar-refractivity contribution is 7.89. The molecular weight excluding hydrogens is 671 g/mol. The van der Waals surface area contributed by atoms with E-state index in [1.165, 1.54) is 9.87 Å². The van der Waals surface area contributed by atoms with Crippen LogP contribution >= 0.6 is 0 Å². The van der Waals surface area contributed by atoms with Crippen LogP contribution in [-0.4, -0.2) is 72.8 Å². The lowest BCUT2D eigenvalue weighted by atomic mass is 9.95. The molecule has 3 aromatic carbocycles. The smallest absolute Gasteiger partial charge is 0.243 e. The number of ether oxygens (including phenoxy) is 4. The third-order valence-corrected chi connectivity index (χ3v) is 11.6. The summed E-state index contributed by atoms with van der Waals surface area (Å²) >= 11 is 0. The normalized spacial score (nSPS) is 15.4. The number of aromatic nitrogens is 5. The fourth-order valence-corrected chi connectivity index (χ4v) is 8.38. The van der Waals surface area contributed by atoms with Gasteiger partial charge in [-0.05, 0) is 71.6 Å². The van der Waals surface area contributed by atoms with Crippen molar-refractivity contribution in [3.8, 4) is 39.9 Å². The van der Waals surface area contributed by atoms with Crippen molar-refractivity contribution in [2.45, 2.75) is 24.5 Å². The van der Waals surface area contributed by atoms with Crippen LogP contribution in [0.2, 0.25) is 0 Å². The fraction of sp³-hybridized carbons (Fsp3) is 0.243. The minimum atomic E-state index is -3.65. The summed E-state index contributed by atoms with van der Waals surface area (Å²) in [6.07, 6.45) is 6.50. The standard InChI is InChI=1S/C37H34N7O6S/c1-47-33-10-5-25-18-32-30-20-35-34(49-24-50-35)19-26(30)11-13-42(32)22-31(25)37(33)48-23-27-21-44(40-39-27)28-6-8-29(9-7-28)51(45,46)43-16-14-41(15-17-43)36-4-2-3-12-38-36/h2-10,12,18-22H,11,13-17,23-24H2,1H3/q+1. The van der Waals surface area contributed by atoms with Crippen molar-refractivity contribution in [3.63, 3.8) is 0 Å². The molecule has 0 bridgehead atoms. The third-order valence-electron chi connectivity index (χ3n) is 9.65. The summed E-state index contributed by atoms with van der Waals surface area (Å²) in [7, 11) is -2.03. The van der Waals surface area contributed by atoms with Crippen LogP contribution in [0.1, 0.15) is 11.3 Å². The van der Waals surface area contributed by atoms with Crippen molar-refractivity contribution in [3.05, 3.63) is 103 Å². The molecule has 1 saturated heterocycles. The fourth-order valence-electron chi connectivity index (χ4n) is 6.96. The summed E-state index contributed by atoms with van der Waals surface area (Å²) in [6.45, 7) is 3.13. The summed E-state index contributed by atoms with van der Waals surface area (Å²) in [6, 6.07) is 22.7. The van der Waals surface area contributed by atoms with Gasteiger partial charge in [-0.2, -0.15) is 8.87 Å². The summed E-state index contributed by atoms with van der Waals surface area (Å²) < 4.78 is 55.6. The summed E-state index contributed by atoms with van der Waals surface area (Å²) in [5.41, 5.74) is 4.75. The first-order valence-corrected chi connectivity index (χ1v) is 18.2. The quantitative estimate of drug-likeness (QED) is 0.214. The number of piperazine rings is 1. The molecule has 0 unspecified atom stereocenters. The Morgan fingerprint density at radius 2 is 1.76 bits per heavy atom. The molecule has 6 aromatic rings. The van der Waals surface area contributed by atoms with Crippen molar-refractivity contribution in [2.75, 3.05) is 45.0 Å². The van der Waals surface area contributed by atoms with E-state index < -0.39 is 10.0 Å². The molecule has 0 aliphatic carbocycles. The van der Waals surface area contributed by atoms with Gasteiger partial charge in [-0.15, -0.1) is 5.10 Å². The van der Waals surface area contributed by atoms with E-state index in [0.29, 0.717) is 49.1 Å². The second-order valence-electron chi connectivity index (χ2n) is 12.6. The van der Waals surface area contributed by atoms with Gasteiger partial charge in [0.25, 0.3) is 0 Å². The Morgan fingerprint density at radius 3 is 2.55 bits per heavy atom. The Morgan fingerprint density at radius 1 is 0.941 bits per heavy atom. The molecule has 3 aliphatic rings. The number of anilines is 1. The maximum absolute atomic E-state index is 13.4. The highest BCUT2D eigenvalue weighted by Crippen LogP contribution is 2.42. The van der Waals surface area contributed by atoms with Crippen molar-refractivity contribution < 1.29 is 31.9 Å². The summed E-state index contributed by atoms with van der Waals surface area (Å²) in [5.74, 6) is 3.65. The van der Waals surface area contributed by atoms with Gasteiger partial charge in [-0.3, -0.25) is 0 Å². The van der Waals surface area contributed by atoms with E-state index in [2.05, 4.69) is 49.2 Å². The Hall–Kier alpha value is -5.73. The van der Waals surface area contributed by atoms with Crippen LogP contribution in [0.5, 0.6) is 23.0 Å².